The van der Waals surface area contributed by atoms with Gasteiger partial charge in [-0.05, 0) is 62.7 Å². The van der Waals surface area contributed by atoms with Gasteiger partial charge in [0.05, 0.1) is 25.5 Å². The SMILES string of the molecule is CCOc1cc(C(=O)N2CCN(c3cc(-c4ccc(F)cc4)[nH]n3)CC2)cc(OCC)c1OCC. The molecule has 1 saturated heterocycles. The number of aromatic amines is 1. The summed E-state index contributed by atoms with van der Waals surface area (Å²) < 4.78 is 30.5. The van der Waals surface area contributed by atoms with E-state index < -0.39 is 0 Å². The Morgan fingerprint density at radius 3 is 2.09 bits per heavy atom. The van der Waals surface area contributed by atoms with Crippen LogP contribution in [0.3, 0.4) is 0 Å². The fourth-order valence-electron chi connectivity index (χ4n) is 4.08. The van der Waals surface area contributed by atoms with Crippen LogP contribution in [0, 0.1) is 5.82 Å². The van der Waals surface area contributed by atoms with Crippen LogP contribution in [0.15, 0.2) is 42.5 Å². The van der Waals surface area contributed by atoms with Crippen LogP contribution >= 0.6 is 0 Å². The average Bonchev–Trinajstić information content (AvgIpc) is 3.36. The average molecular weight is 483 g/mol. The molecule has 35 heavy (non-hydrogen) atoms. The van der Waals surface area contributed by atoms with E-state index in [0.717, 1.165) is 17.1 Å². The normalized spacial score (nSPS) is 13.6. The van der Waals surface area contributed by atoms with Crippen LogP contribution in [0.2, 0.25) is 0 Å². The second kappa shape index (κ2) is 11.1. The van der Waals surface area contributed by atoms with E-state index in [1.165, 1.54) is 12.1 Å². The molecular weight excluding hydrogens is 451 g/mol. The van der Waals surface area contributed by atoms with Gasteiger partial charge >= 0.3 is 0 Å². The summed E-state index contributed by atoms with van der Waals surface area (Å²) in [4.78, 5) is 17.3. The first kappa shape index (κ1) is 24.4. The van der Waals surface area contributed by atoms with E-state index in [0.29, 0.717) is 68.8 Å². The van der Waals surface area contributed by atoms with Crippen LogP contribution in [0.1, 0.15) is 31.1 Å². The van der Waals surface area contributed by atoms with Gasteiger partial charge in [0.1, 0.15) is 5.82 Å². The van der Waals surface area contributed by atoms with Crippen molar-refractivity contribution in [3.63, 3.8) is 0 Å². The van der Waals surface area contributed by atoms with Gasteiger partial charge in [0, 0.05) is 37.8 Å². The lowest BCUT2D eigenvalue weighted by Gasteiger charge is -2.35. The number of ether oxygens (including phenoxy) is 3. The van der Waals surface area contributed by atoms with E-state index in [-0.39, 0.29) is 11.7 Å². The summed E-state index contributed by atoms with van der Waals surface area (Å²) in [5.41, 5.74) is 2.19. The molecule has 0 radical (unpaired) electrons. The maximum Gasteiger partial charge on any atom is 0.254 e. The Balaban J connectivity index is 1.46. The van der Waals surface area contributed by atoms with Gasteiger partial charge < -0.3 is 24.0 Å². The molecule has 1 amide bonds. The second-order valence-corrected chi connectivity index (χ2v) is 8.03. The molecule has 4 rings (SSSR count). The number of nitrogens with one attached hydrogen (secondary N) is 1. The first-order chi connectivity index (χ1) is 17.0. The van der Waals surface area contributed by atoms with Crippen LogP contribution in [0.4, 0.5) is 10.2 Å². The van der Waals surface area contributed by atoms with Crippen molar-refractivity contribution in [1.29, 1.82) is 0 Å². The van der Waals surface area contributed by atoms with Crippen LogP contribution < -0.4 is 19.1 Å². The third-order valence-electron chi connectivity index (χ3n) is 5.77. The highest BCUT2D eigenvalue weighted by Gasteiger charge is 2.26. The summed E-state index contributed by atoms with van der Waals surface area (Å²) in [6, 6.07) is 11.7. The first-order valence-corrected chi connectivity index (χ1v) is 12.0. The van der Waals surface area contributed by atoms with Gasteiger partial charge in [-0.2, -0.15) is 5.10 Å². The smallest absolute Gasteiger partial charge is 0.254 e. The van der Waals surface area contributed by atoms with Crippen molar-refractivity contribution < 1.29 is 23.4 Å². The van der Waals surface area contributed by atoms with Crippen molar-refractivity contribution in [2.24, 2.45) is 0 Å². The lowest BCUT2D eigenvalue weighted by molar-refractivity contribution is 0.0745. The molecule has 9 heteroatoms. The maximum atomic E-state index is 13.3. The molecule has 1 aromatic heterocycles. The molecule has 0 bridgehead atoms. The molecule has 3 aromatic rings. The molecular formula is C26H31FN4O4. The molecule has 8 nitrogen and oxygen atoms in total. The van der Waals surface area contributed by atoms with Crippen molar-refractivity contribution in [3.8, 4) is 28.5 Å². The molecule has 0 spiro atoms. The van der Waals surface area contributed by atoms with Gasteiger partial charge in [-0.15, -0.1) is 0 Å². The van der Waals surface area contributed by atoms with Crippen molar-refractivity contribution in [1.82, 2.24) is 15.1 Å². The fourth-order valence-corrected chi connectivity index (χ4v) is 4.08. The lowest BCUT2D eigenvalue weighted by Crippen LogP contribution is -2.49. The molecule has 1 fully saturated rings. The van der Waals surface area contributed by atoms with E-state index >= 15 is 0 Å². The summed E-state index contributed by atoms with van der Waals surface area (Å²) in [5.74, 6) is 1.98. The minimum Gasteiger partial charge on any atom is -0.490 e. The number of hydrogen-bond acceptors (Lipinski definition) is 6. The van der Waals surface area contributed by atoms with Crippen LogP contribution in [0.5, 0.6) is 17.2 Å². The Bertz CT molecular complexity index is 1110. The van der Waals surface area contributed by atoms with E-state index in [9.17, 15) is 9.18 Å². The van der Waals surface area contributed by atoms with Gasteiger partial charge in [-0.1, -0.05) is 0 Å². The monoisotopic (exact) mass is 482 g/mol. The van der Waals surface area contributed by atoms with Gasteiger partial charge in [0.15, 0.2) is 17.3 Å². The number of rotatable bonds is 9. The zero-order chi connectivity index (χ0) is 24.8. The topological polar surface area (TPSA) is 79.9 Å². The molecule has 1 aliphatic rings. The molecule has 2 aromatic carbocycles. The molecule has 186 valence electrons. The summed E-state index contributed by atoms with van der Waals surface area (Å²) in [6.07, 6.45) is 0. The standard InChI is InChI=1S/C26H31FN4O4/c1-4-33-22-15-19(16-23(34-5-2)25(22)35-6-3)26(32)31-13-11-30(12-14-31)24-17-21(28-29-24)18-7-9-20(27)10-8-18/h7-10,15-17H,4-6,11-14H2,1-3H3,(H,28,29). The number of carbonyl (C=O) groups is 1. The number of piperazine rings is 1. The number of amides is 1. The predicted octanol–water partition coefficient (Wildman–Crippen LogP) is 4.37. The third kappa shape index (κ3) is 5.50. The highest BCUT2D eigenvalue weighted by atomic mass is 19.1. The molecule has 0 unspecified atom stereocenters. The van der Waals surface area contributed by atoms with E-state index in [2.05, 4.69) is 15.1 Å². The number of nitrogens with zero attached hydrogens (tertiary/aromatic N) is 3. The first-order valence-electron chi connectivity index (χ1n) is 12.0. The zero-order valence-corrected chi connectivity index (χ0v) is 20.3. The van der Waals surface area contributed by atoms with Crippen molar-refractivity contribution in [3.05, 3.63) is 53.8 Å². The number of carbonyl (C=O) groups excluding carboxylic acids is 1. The Morgan fingerprint density at radius 1 is 0.914 bits per heavy atom. The minimum atomic E-state index is -0.274. The maximum absolute atomic E-state index is 13.3. The largest absolute Gasteiger partial charge is 0.490 e. The zero-order valence-electron chi connectivity index (χ0n) is 20.3. The van der Waals surface area contributed by atoms with E-state index in [1.807, 2.05) is 31.7 Å². The number of aromatic nitrogens is 2. The number of H-pyrrole nitrogens is 1. The Hall–Kier alpha value is -3.75. The Morgan fingerprint density at radius 2 is 1.51 bits per heavy atom. The molecule has 1 N–H and O–H groups in total. The fraction of sp³-hybridized carbons (Fsp3) is 0.385. The summed E-state index contributed by atoms with van der Waals surface area (Å²) in [6.45, 7) is 9.44. The number of benzene rings is 2. The molecule has 0 saturated carbocycles. The highest BCUT2D eigenvalue weighted by Crippen LogP contribution is 2.39. The van der Waals surface area contributed by atoms with Crippen molar-refractivity contribution in [2.75, 3.05) is 50.9 Å². The highest BCUT2D eigenvalue weighted by molar-refractivity contribution is 5.96. The van der Waals surface area contributed by atoms with Crippen LogP contribution in [-0.4, -0.2) is 67.0 Å². The summed E-state index contributed by atoms with van der Waals surface area (Å²) in [5, 5.41) is 7.43. The molecule has 0 atom stereocenters. The number of anilines is 1. The van der Waals surface area contributed by atoms with Gasteiger partial charge in [0.2, 0.25) is 5.75 Å². The van der Waals surface area contributed by atoms with Gasteiger partial charge in [-0.3, -0.25) is 9.89 Å². The Kier molecular flexibility index (Phi) is 7.74. The number of hydrogen-bond donors (Lipinski definition) is 1. The third-order valence-corrected chi connectivity index (χ3v) is 5.77. The van der Waals surface area contributed by atoms with Crippen molar-refractivity contribution in [2.45, 2.75) is 20.8 Å². The molecule has 2 heterocycles. The second-order valence-electron chi connectivity index (χ2n) is 8.03. The van der Waals surface area contributed by atoms with E-state index in [1.54, 1.807) is 24.3 Å². The van der Waals surface area contributed by atoms with Crippen molar-refractivity contribution >= 4 is 11.7 Å². The molecule has 1 aliphatic heterocycles. The minimum absolute atomic E-state index is 0.0800. The van der Waals surface area contributed by atoms with Gasteiger partial charge in [0.25, 0.3) is 5.91 Å². The van der Waals surface area contributed by atoms with E-state index in [4.69, 9.17) is 14.2 Å². The van der Waals surface area contributed by atoms with Crippen LogP contribution in [-0.2, 0) is 0 Å². The molecule has 0 aliphatic carbocycles. The Labute approximate surface area is 204 Å². The lowest BCUT2D eigenvalue weighted by atomic mass is 10.1. The number of halogens is 1. The predicted molar refractivity (Wildman–Crippen MR) is 132 cm³/mol. The van der Waals surface area contributed by atoms with Crippen LogP contribution in [0.25, 0.3) is 11.3 Å². The summed E-state index contributed by atoms with van der Waals surface area (Å²) in [7, 11) is 0. The summed E-state index contributed by atoms with van der Waals surface area (Å²) >= 11 is 0. The van der Waals surface area contributed by atoms with Gasteiger partial charge in [-0.25, -0.2) is 4.39 Å². The quantitative estimate of drug-likeness (QED) is 0.488.